The Morgan fingerprint density at radius 3 is 2.30 bits per heavy atom. The van der Waals surface area contributed by atoms with Gasteiger partial charge >= 0.3 is 5.97 Å². The number of carbonyl (C=O) groups is 1. The van der Waals surface area contributed by atoms with E-state index in [1.165, 1.54) is 24.3 Å². The smallest absolute Gasteiger partial charge is 0.339 e. The molecular formula is C16H11Cl2NO4. The van der Waals surface area contributed by atoms with E-state index >= 15 is 0 Å². The predicted octanol–water partition coefficient (Wildman–Crippen LogP) is 4.34. The summed E-state index contributed by atoms with van der Waals surface area (Å²) in [5.74, 6) is -1.30. The number of pyridine rings is 1. The van der Waals surface area contributed by atoms with Gasteiger partial charge in [0.25, 0.3) is 0 Å². The summed E-state index contributed by atoms with van der Waals surface area (Å²) < 4.78 is 0. The summed E-state index contributed by atoms with van der Waals surface area (Å²) in [4.78, 5) is 14.4. The third-order valence-corrected chi connectivity index (χ3v) is 3.45. The highest BCUT2D eigenvalue weighted by Gasteiger charge is 2.08. The number of rotatable bonds is 1. The Morgan fingerprint density at radius 2 is 1.70 bits per heavy atom. The van der Waals surface area contributed by atoms with Gasteiger partial charge in [-0.05, 0) is 42.5 Å². The van der Waals surface area contributed by atoms with Crippen LogP contribution in [0.25, 0.3) is 10.9 Å². The number of fused-ring (bicyclic) bond motifs is 1. The van der Waals surface area contributed by atoms with Crippen molar-refractivity contribution in [1.82, 2.24) is 4.98 Å². The van der Waals surface area contributed by atoms with E-state index in [9.17, 15) is 9.90 Å². The van der Waals surface area contributed by atoms with Crippen LogP contribution in [-0.2, 0) is 0 Å². The minimum atomic E-state index is -1.19. The third kappa shape index (κ3) is 4.03. The van der Waals surface area contributed by atoms with Crippen molar-refractivity contribution >= 4 is 40.1 Å². The predicted molar refractivity (Wildman–Crippen MR) is 88.5 cm³/mol. The van der Waals surface area contributed by atoms with Crippen LogP contribution in [0.2, 0.25) is 10.0 Å². The molecule has 3 N–H and O–H groups in total. The monoisotopic (exact) mass is 351 g/mol. The van der Waals surface area contributed by atoms with Gasteiger partial charge < -0.3 is 15.3 Å². The van der Waals surface area contributed by atoms with Crippen LogP contribution in [0.1, 0.15) is 10.4 Å². The molecular weight excluding hydrogens is 341 g/mol. The first-order chi connectivity index (χ1) is 10.9. The fourth-order valence-corrected chi connectivity index (χ4v) is 2.19. The Balaban J connectivity index is 0.000000168. The normalized spacial score (nSPS) is 10.0. The highest BCUT2D eigenvalue weighted by atomic mass is 35.5. The van der Waals surface area contributed by atoms with Crippen LogP contribution < -0.4 is 0 Å². The van der Waals surface area contributed by atoms with Crippen molar-refractivity contribution in [3.05, 3.63) is 64.3 Å². The number of phenolic OH excluding ortho intramolecular Hbond substituents is 1. The van der Waals surface area contributed by atoms with E-state index in [1.54, 1.807) is 18.3 Å². The Morgan fingerprint density at radius 1 is 1.00 bits per heavy atom. The van der Waals surface area contributed by atoms with Crippen molar-refractivity contribution in [2.45, 2.75) is 0 Å². The third-order valence-electron chi connectivity index (χ3n) is 2.88. The van der Waals surface area contributed by atoms with Crippen molar-refractivity contribution in [2.75, 3.05) is 0 Å². The number of hydrogen-bond donors (Lipinski definition) is 3. The first-order valence-electron chi connectivity index (χ1n) is 6.34. The maximum Gasteiger partial charge on any atom is 0.339 e. The molecule has 0 aliphatic heterocycles. The van der Waals surface area contributed by atoms with Gasteiger partial charge in [0.15, 0.2) is 0 Å². The zero-order valence-electron chi connectivity index (χ0n) is 11.6. The quantitative estimate of drug-likeness (QED) is 0.606. The molecule has 2 aromatic carbocycles. The zero-order chi connectivity index (χ0) is 17.0. The largest absolute Gasteiger partial charge is 0.507 e. The number of phenols is 2. The number of halogens is 2. The lowest BCUT2D eigenvalue weighted by molar-refractivity contribution is 0.0693. The molecule has 0 atom stereocenters. The lowest BCUT2D eigenvalue weighted by Gasteiger charge is -2.00. The Labute approximate surface area is 141 Å². The van der Waals surface area contributed by atoms with E-state index in [1.807, 2.05) is 6.07 Å². The Kier molecular flexibility index (Phi) is 5.26. The maximum absolute atomic E-state index is 10.4. The molecule has 0 spiro atoms. The molecule has 0 fully saturated rings. The molecule has 23 heavy (non-hydrogen) atoms. The van der Waals surface area contributed by atoms with Crippen LogP contribution in [0, 0.1) is 0 Å². The summed E-state index contributed by atoms with van der Waals surface area (Å²) in [5, 5.41) is 28.5. The lowest BCUT2D eigenvalue weighted by atomic mass is 10.2. The Bertz CT molecular complexity index is 827. The summed E-state index contributed by atoms with van der Waals surface area (Å²) >= 11 is 11.4. The van der Waals surface area contributed by atoms with Crippen LogP contribution in [0.4, 0.5) is 0 Å². The van der Waals surface area contributed by atoms with Crippen LogP contribution in [0.3, 0.4) is 0 Å². The average Bonchev–Trinajstić information content (AvgIpc) is 2.54. The fraction of sp³-hybridized carbons (Fsp3) is 0. The number of benzene rings is 2. The van der Waals surface area contributed by atoms with Crippen molar-refractivity contribution in [3.63, 3.8) is 0 Å². The molecule has 7 heteroatoms. The van der Waals surface area contributed by atoms with Gasteiger partial charge in [0, 0.05) is 16.6 Å². The van der Waals surface area contributed by atoms with Crippen LogP contribution in [0.5, 0.6) is 11.5 Å². The van der Waals surface area contributed by atoms with Gasteiger partial charge in [-0.3, -0.25) is 4.98 Å². The van der Waals surface area contributed by atoms with E-state index in [4.69, 9.17) is 33.4 Å². The minimum absolute atomic E-state index is 0.162. The van der Waals surface area contributed by atoms with Gasteiger partial charge in [0.05, 0.1) is 5.02 Å². The van der Waals surface area contributed by atoms with Gasteiger partial charge in [-0.1, -0.05) is 23.2 Å². The van der Waals surface area contributed by atoms with Gasteiger partial charge in [-0.25, -0.2) is 4.79 Å². The van der Waals surface area contributed by atoms with E-state index in [-0.39, 0.29) is 17.1 Å². The second-order valence-corrected chi connectivity index (χ2v) is 5.28. The minimum Gasteiger partial charge on any atom is -0.507 e. The molecule has 118 valence electrons. The molecule has 0 unspecified atom stereocenters. The highest BCUT2D eigenvalue weighted by Crippen LogP contribution is 2.28. The summed E-state index contributed by atoms with van der Waals surface area (Å²) in [7, 11) is 0. The van der Waals surface area contributed by atoms with E-state index in [2.05, 4.69) is 4.98 Å². The molecule has 0 aliphatic carbocycles. The summed E-state index contributed by atoms with van der Waals surface area (Å²) in [6.45, 7) is 0. The second kappa shape index (κ2) is 7.17. The first kappa shape index (κ1) is 16.9. The second-order valence-electron chi connectivity index (χ2n) is 4.43. The standard InChI is InChI=1S/C9H6ClNO.C7H5ClO3/c10-7-3-4-8(12)9-6(7)2-1-5-11-9;8-4-1-2-6(9)5(3-4)7(10)11/h1-5,12H;1-3,9H,(H,10,11). The summed E-state index contributed by atoms with van der Waals surface area (Å²) in [6.07, 6.45) is 1.62. The molecule has 0 bridgehead atoms. The van der Waals surface area contributed by atoms with E-state index in [0.717, 1.165) is 5.39 Å². The molecule has 0 radical (unpaired) electrons. The molecule has 3 rings (SSSR count). The molecule has 1 aromatic heterocycles. The number of carboxylic acid groups (broad SMARTS) is 1. The van der Waals surface area contributed by atoms with Gasteiger partial charge in [0.2, 0.25) is 0 Å². The van der Waals surface area contributed by atoms with Crippen molar-refractivity contribution in [1.29, 1.82) is 0 Å². The molecule has 1 heterocycles. The molecule has 0 amide bonds. The van der Waals surface area contributed by atoms with Crippen molar-refractivity contribution < 1.29 is 20.1 Å². The topological polar surface area (TPSA) is 90.7 Å². The number of aromatic nitrogens is 1. The maximum atomic E-state index is 10.4. The summed E-state index contributed by atoms with van der Waals surface area (Å²) in [6, 6.07) is 10.7. The fourth-order valence-electron chi connectivity index (χ4n) is 1.80. The first-order valence-corrected chi connectivity index (χ1v) is 7.09. The lowest BCUT2D eigenvalue weighted by Crippen LogP contribution is -1.95. The highest BCUT2D eigenvalue weighted by molar-refractivity contribution is 6.35. The zero-order valence-corrected chi connectivity index (χ0v) is 13.1. The van der Waals surface area contributed by atoms with Gasteiger partial charge in [0.1, 0.15) is 22.6 Å². The Hall–Kier alpha value is -2.50. The molecule has 0 aliphatic rings. The van der Waals surface area contributed by atoms with E-state index < -0.39 is 5.97 Å². The van der Waals surface area contributed by atoms with Crippen molar-refractivity contribution in [3.8, 4) is 11.5 Å². The van der Waals surface area contributed by atoms with E-state index in [0.29, 0.717) is 15.6 Å². The SMILES string of the molecule is O=C(O)c1cc(Cl)ccc1O.Oc1ccc(Cl)c2cccnc12. The number of nitrogens with zero attached hydrogens (tertiary/aromatic N) is 1. The molecule has 3 aromatic rings. The number of hydrogen-bond acceptors (Lipinski definition) is 4. The van der Waals surface area contributed by atoms with Crippen LogP contribution in [0.15, 0.2) is 48.7 Å². The number of carboxylic acids is 1. The van der Waals surface area contributed by atoms with Crippen molar-refractivity contribution in [2.24, 2.45) is 0 Å². The van der Waals surface area contributed by atoms with Crippen LogP contribution in [-0.4, -0.2) is 26.3 Å². The summed E-state index contributed by atoms with van der Waals surface area (Å²) in [5.41, 5.74) is 0.363. The van der Waals surface area contributed by atoms with Crippen LogP contribution >= 0.6 is 23.2 Å². The molecule has 0 saturated carbocycles. The molecule has 5 nitrogen and oxygen atoms in total. The van der Waals surface area contributed by atoms with Gasteiger partial charge in [-0.15, -0.1) is 0 Å². The number of aromatic hydroxyl groups is 2. The van der Waals surface area contributed by atoms with Gasteiger partial charge in [-0.2, -0.15) is 0 Å². The number of aromatic carboxylic acids is 1. The molecule has 0 saturated heterocycles. The average molecular weight is 352 g/mol.